The van der Waals surface area contributed by atoms with Gasteiger partial charge in [-0.2, -0.15) is 0 Å². The molecule has 0 spiro atoms. The van der Waals surface area contributed by atoms with Gasteiger partial charge in [0, 0.05) is 6.54 Å². The van der Waals surface area contributed by atoms with Gasteiger partial charge in [0.2, 0.25) is 11.8 Å². The second kappa shape index (κ2) is 9.17. The molecule has 1 aliphatic carbocycles. The van der Waals surface area contributed by atoms with E-state index in [9.17, 15) is 19.5 Å². The number of aliphatic hydroxyl groups is 1. The van der Waals surface area contributed by atoms with Crippen LogP contribution in [0.2, 0.25) is 0 Å². The Balaban J connectivity index is 2.54. The maximum absolute atomic E-state index is 12.4. The van der Waals surface area contributed by atoms with Crippen molar-refractivity contribution in [3.8, 4) is 0 Å². The molecule has 7 nitrogen and oxygen atoms in total. The molecular weight excluding hydrogens is 324 g/mol. The minimum atomic E-state index is -0.856. The molecule has 0 radical (unpaired) electrons. The van der Waals surface area contributed by atoms with Crippen molar-refractivity contribution < 1.29 is 24.2 Å². The molecular formula is C18H32N2O5. The van der Waals surface area contributed by atoms with Crippen molar-refractivity contribution in [1.82, 2.24) is 10.6 Å². The van der Waals surface area contributed by atoms with Crippen molar-refractivity contribution in [2.45, 2.75) is 65.5 Å². The summed E-state index contributed by atoms with van der Waals surface area (Å²) in [6, 6.07) is -0.641. The number of amides is 2. The average Bonchev–Trinajstić information content (AvgIpc) is 3.25. The van der Waals surface area contributed by atoms with Gasteiger partial charge >= 0.3 is 5.97 Å². The number of nitrogens with one attached hydrogen (secondary N) is 2. The van der Waals surface area contributed by atoms with Crippen molar-refractivity contribution in [3.05, 3.63) is 0 Å². The highest BCUT2D eigenvalue weighted by molar-refractivity contribution is 5.93. The van der Waals surface area contributed by atoms with Crippen LogP contribution in [0.5, 0.6) is 0 Å². The van der Waals surface area contributed by atoms with Crippen molar-refractivity contribution in [2.75, 3.05) is 13.2 Å². The first-order valence-corrected chi connectivity index (χ1v) is 9.02. The molecule has 0 aromatic heterocycles. The molecule has 0 heterocycles. The van der Waals surface area contributed by atoms with Crippen LogP contribution in [0.3, 0.4) is 0 Å². The summed E-state index contributed by atoms with van der Waals surface area (Å²) in [5.41, 5.74) is -0.856. The number of carbonyl (C=O) groups is 3. The zero-order valence-corrected chi connectivity index (χ0v) is 15.9. The third-order valence-corrected chi connectivity index (χ3v) is 4.09. The summed E-state index contributed by atoms with van der Waals surface area (Å²) in [7, 11) is 0. The summed E-state index contributed by atoms with van der Waals surface area (Å²) in [5, 5.41) is 15.2. The quantitative estimate of drug-likeness (QED) is 0.506. The Kier molecular flexibility index (Phi) is 7.86. The average molecular weight is 356 g/mol. The van der Waals surface area contributed by atoms with Crippen molar-refractivity contribution >= 4 is 17.8 Å². The Morgan fingerprint density at radius 1 is 1.24 bits per heavy atom. The molecule has 7 heteroatoms. The van der Waals surface area contributed by atoms with Gasteiger partial charge in [0.05, 0.1) is 24.0 Å². The number of hydrogen-bond acceptors (Lipinski definition) is 5. The molecule has 0 aromatic carbocycles. The second-order valence-corrected chi connectivity index (χ2v) is 7.74. The molecule has 25 heavy (non-hydrogen) atoms. The van der Waals surface area contributed by atoms with E-state index >= 15 is 0 Å². The molecule has 0 bridgehead atoms. The highest BCUT2D eigenvalue weighted by Crippen LogP contribution is 2.39. The van der Waals surface area contributed by atoms with Crippen LogP contribution in [0.4, 0.5) is 0 Å². The lowest BCUT2D eigenvalue weighted by molar-refractivity contribution is -0.146. The monoisotopic (exact) mass is 356 g/mol. The highest BCUT2D eigenvalue weighted by atomic mass is 16.5. The Bertz CT molecular complexity index is 484. The van der Waals surface area contributed by atoms with Gasteiger partial charge in [0.25, 0.3) is 0 Å². The predicted molar refractivity (Wildman–Crippen MR) is 93.5 cm³/mol. The van der Waals surface area contributed by atoms with E-state index in [0.717, 1.165) is 0 Å². The SMILES string of the molecule is CCOC(=O)[C@H]1C[C@@H]1C(=O)N[C@@H](CC(C)C)C(=O)NCCC(C)(C)O. The van der Waals surface area contributed by atoms with E-state index in [1.807, 2.05) is 13.8 Å². The van der Waals surface area contributed by atoms with Crippen LogP contribution in [0.15, 0.2) is 0 Å². The van der Waals surface area contributed by atoms with Crippen LogP contribution in [0.25, 0.3) is 0 Å². The van der Waals surface area contributed by atoms with Gasteiger partial charge in [0.1, 0.15) is 6.04 Å². The van der Waals surface area contributed by atoms with E-state index in [1.165, 1.54) is 0 Å². The zero-order chi connectivity index (χ0) is 19.2. The maximum atomic E-state index is 12.4. The van der Waals surface area contributed by atoms with E-state index in [4.69, 9.17) is 4.74 Å². The van der Waals surface area contributed by atoms with Gasteiger partial charge in [-0.1, -0.05) is 13.8 Å². The van der Waals surface area contributed by atoms with E-state index in [2.05, 4.69) is 10.6 Å². The van der Waals surface area contributed by atoms with Crippen molar-refractivity contribution in [3.63, 3.8) is 0 Å². The predicted octanol–water partition coefficient (Wildman–Crippen LogP) is 0.994. The van der Waals surface area contributed by atoms with Gasteiger partial charge in [-0.3, -0.25) is 14.4 Å². The zero-order valence-electron chi connectivity index (χ0n) is 15.9. The first kappa shape index (κ1) is 21.4. The van der Waals surface area contributed by atoms with Crippen LogP contribution in [-0.4, -0.2) is 47.7 Å². The van der Waals surface area contributed by atoms with Crippen LogP contribution in [0, 0.1) is 17.8 Å². The molecule has 144 valence electrons. The van der Waals surface area contributed by atoms with E-state index < -0.39 is 23.5 Å². The summed E-state index contributed by atoms with van der Waals surface area (Å²) >= 11 is 0. The van der Waals surface area contributed by atoms with Crippen molar-refractivity contribution in [1.29, 1.82) is 0 Å². The van der Waals surface area contributed by atoms with Gasteiger partial charge in [-0.05, 0) is 46.0 Å². The van der Waals surface area contributed by atoms with Crippen LogP contribution < -0.4 is 10.6 Å². The number of ether oxygens (including phenoxy) is 1. The fourth-order valence-corrected chi connectivity index (χ4v) is 2.59. The van der Waals surface area contributed by atoms with Gasteiger partial charge < -0.3 is 20.5 Å². The normalized spacial score (nSPS) is 20.8. The lowest BCUT2D eigenvalue weighted by Crippen LogP contribution is -2.48. The number of rotatable bonds is 10. The molecule has 0 aromatic rings. The van der Waals surface area contributed by atoms with Crippen LogP contribution in [0.1, 0.15) is 53.9 Å². The molecule has 1 rings (SSSR count). The minimum Gasteiger partial charge on any atom is -0.466 e. The maximum Gasteiger partial charge on any atom is 0.309 e. The lowest BCUT2D eigenvalue weighted by Gasteiger charge is -2.22. The van der Waals surface area contributed by atoms with Gasteiger partial charge in [-0.15, -0.1) is 0 Å². The smallest absolute Gasteiger partial charge is 0.309 e. The topological polar surface area (TPSA) is 105 Å². The lowest BCUT2D eigenvalue weighted by atomic mass is 10.0. The van der Waals surface area contributed by atoms with Crippen LogP contribution >= 0.6 is 0 Å². The van der Waals surface area contributed by atoms with Gasteiger partial charge in [0.15, 0.2) is 0 Å². The Morgan fingerprint density at radius 2 is 1.88 bits per heavy atom. The minimum absolute atomic E-state index is 0.227. The highest BCUT2D eigenvalue weighted by Gasteiger charge is 2.49. The van der Waals surface area contributed by atoms with E-state index in [1.54, 1.807) is 20.8 Å². The standard InChI is InChI=1S/C18H32N2O5/c1-6-25-17(23)13-10-12(13)15(21)20-14(9-11(2)3)16(22)19-8-7-18(4,5)24/h11-14,24H,6-10H2,1-5H3,(H,19,22)(H,20,21)/t12-,13-,14-/m0/s1. The Labute approximate surface area is 149 Å². The molecule has 3 N–H and O–H groups in total. The molecule has 1 saturated carbocycles. The van der Waals surface area contributed by atoms with E-state index in [0.29, 0.717) is 32.4 Å². The van der Waals surface area contributed by atoms with Crippen molar-refractivity contribution in [2.24, 2.45) is 17.8 Å². The molecule has 2 amide bonds. The summed E-state index contributed by atoms with van der Waals surface area (Å²) in [6.45, 7) is 9.66. The largest absolute Gasteiger partial charge is 0.466 e. The third kappa shape index (κ3) is 7.86. The summed E-state index contributed by atoms with van der Waals surface area (Å²) in [5.74, 6) is -1.46. The molecule has 1 fully saturated rings. The third-order valence-electron chi connectivity index (χ3n) is 4.09. The molecule has 0 aliphatic heterocycles. The van der Waals surface area contributed by atoms with Gasteiger partial charge in [-0.25, -0.2) is 0 Å². The summed E-state index contributed by atoms with van der Waals surface area (Å²) < 4.78 is 4.93. The fourth-order valence-electron chi connectivity index (χ4n) is 2.59. The fraction of sp³-hybridized carbons (Fsp3) is 0.833. The van der Waals surface area contributed by atoms with Crippen LogP contribution in [-0.2, 0) is 19.1 Å². The number of esters is 1. The Morgan fingerprint density at radius 3 is 2.40 bits per heavy atom. The first-order chi connectivity index (χ1) is 11.5. The summed E-state index contributed by atoms with van der Waals surface area (Å²) in [6.07, 6.45) is 1.41. The first-order valence-electron chi connectivity index (χ1n) is 9.02. The Hall–Kier alpha value is -1.63. The molecule has 0 saturated heterocycles. The second-order valence-electron chi connectivity index (χ2n) is 7.74. The summed E-state index contributed by atoms with van der Waals surface area (Å²) in [4.78, 5) is 36.3. The number of hydrogen-bond donors (Lipinski definition) is 3. The molecule has 3 atom stereocenters. The molecule has 1 aliphatic rings. The number of carbonyl (C=O) groups excluding carboxylic acids is 3. The van der Waals surface area contributed by atoms with E-state index in [-0.39, 0.29) is 23.7 Å². The molecule has 0 unspecified atom stereocenters.